The van der Waals surface area contributed by atoms with Gasteiger partial charge in [-0.15, -0.1) is 0 Å². The Labute approximate surface area is 102 Å². The maximum Gasteiger partial charge on any atom is 0.118 e. The van der Waals surface area contributed by atoms with Gasteiger partial charge in [-0.2, -0.15) is 17.0 Å². The number of ether oxygens (including phenoxy) is 1. The Morgan fingerprint density at radius 2 is 2.25 bits per heavy atom. The van der Waals surface area contributed by atoms with Crippen LogP contribution in [0.1, 0.15) is 26.2 Å². The highest BCUT2D eigenvalue weighted by Gasteiger charge is 2.45. The van der Waals surface area contributed by atoms with Gasteiger partial charge >= 0.3 is 0 Å². The summed E-state index contributed by atoms with van der Waals surface area (Å²) in [6, 6.07) is 2.54. The molecule has 16 heavy (non-hydrogen) atoms. The zero-order chi connectivity index (χ0) is 11.4. The Balaban J connectivity index is 1.86. The van der Waals surface area contributed by atoms with Crippen molar-refractivity contribution < 1.29 is 4.74 Å². The number of thioether (sulfide) groups is 1. The summed E-state index contributed by atoms with van der Waals surface area (Å²) >= 11 is 1.90. The molecule has 0 bridgehead atoms. The van der Waals surface area contributed by atoms with Gasteiger partial charge in [0, 0.05) is 5.75 Å². The second-order valence-electron chi connectivity index (χ2n) is 4.75. The smallest absolute Gasteiger partial charge is 0.118 e. The first-order valence-corrected chi connectivity index (χ1v) is 7.21. The molecule has 1 aliphatic heterocycles. The molecule has 0 spiro atoms. The number of nitriles is 1. The van der Waals surface area contributed by atoms with Crippen molar-refractivity contribution in [1.29, 1.82) is 5.26 Å². The van der Waals surface area contributed by atoms with E-state index in [0.717, 1.165) is 31.9 Å². The van der Waals surface area contributed by atoms with Gasteiger partial charge in [-0.05, 0) is 31.7 Å². The van der Waals surface area contributed by atoms with Crippen molar-refractivity contribution in [2.45, 2.75) is 37.0 Å². The van der Waals surface area contributed by atoms with E-state index in [1.165, 1.54) is 12.8 Å². The number of nitrogens with zero attached hydrogens (tertiary/aromatic N) is 1. The standard InChI is InChI=1S/C12H20N2OS/c1-2-5-14-12(8-13,10-3-4-10)9-16-11-6-15-7-11/h10-11,14H,2-7,9H2,1H3. The Hall–Kier alpha value is -0.240. The molecule has 1 N–H and O–H groups in total. The number of hydrogen-bond acceptors (Lipinski definition) is 4. The van der Waals surface area contributed by atoms with E-state index in [-0.39, 0.29) is 5.54 Å². The normalized spacial score (nSPS) is 24.5. The molecule has 4 heteroatoms. The van der Waals surface area contributed by atoms with Crippen LogP contribution in [0.3, 0.4) is 0 Å². The first kappa shape index (κ1) is 12.2. The number of nitrogens with one attached hydrogen (secondary N) is 1. The minimum absolute atomic E-state index is 0.268. The highest BCUT2D eigenvalue weighted by molar-refractivity contribution is 8.00. The van der Waals surface area contributed by atoms with Crippen LogP contribution in [0, 0.1) is 17.2 Å². The average Bonchev–Trinajstić information content (AvgIpc) is 3.05. The summed E-state index contributed by atoms with van der Waals surface area (Å²) in [4.78, 5) is 0. The van der Waals surface area contributed by atoms with Gasteiger partial charge in [0.15, 0.2) is 0 Å². The van der Waals surface area contributed by atoms with Crippen LogP contribution in [0.15, 0.2) is 0 Å². The summed E-state index contributed by atoms with van der Waals surface area (Å²) in [6.07, 6.45) is 3.52. The third-order valence-corrected chi connectivity index (χ3v) is 4.68. The van der Waals surface area contributed by atoms with Crippen LogP contribution >= 0.6 is 11.8 Å². The Bertz CT molecular complexity index is 271. The maximum absolute atomic E-state index is 9.46. The minimum atomic E-state index is -0.268. The van der Waals surface area contributed by atoms with Crippen molar-refractivity contribution in [3.05, 3.63) is 0 Å². The van der Waals surface area contributed by atoms with Gasteiger partial charge in [0.2, 0.25) is 0 Å². The fraction of sp³-hybridized carbons (Fsp3) is 0.917. The molecular weight excluding hydrogens is 220 g/mol. The van der Waals surface area contributed by atoms with E-state index < -0.39 is 0 Å². The molecule has 1 heterocycles. The summed E-state index contributed by atoms with van der Waals surface area (Å²) in [7, 11) is 0. The van der Waals surface area contributed by atoms with Crippen LogP contribution < -0.4 is 5.32 Å². The number of hydrogen-bond donors (Lipinski definition) is 1. The zero-order valence-electron chi connectivity index (χ0n) is 9.87. The monoisotopic (exact) mass is 240 g/mol. The molecule has 1 saturated heterocycles. The van der Waals surface area contributed by atoms with Gasteiger partial charge in [-0.1, -0.05) is 6.92 Å². The first-order valence-electron chi connectivity index (χ1n) is 6.16. The van der Waals surface area contributed by atoms with Crippen LogP contribution in [0.2, 0.25) is 0 Å². The van der Waals surface area contributed by atoms with Gasteiger partial charge in [-0.3, -0.25) is 5.32 Å². The molecule has 1 unspecified atom stereocenters. The second-order valence-corrected chi connectivity index (χ2v) is 6.04. The molecule has 2 rings (SSSR count). The molecule has 0 aromatic rings. The molecule has 0 aromatic heterocycles. The molecule has 2 fully saturated rings. The zero-order valence-corrected chi connectivity index (χ0v) is 10.7. The highest BCUT2D eigenvalue weighted by atomic mass is 32.2. The SMILES string of the molecule is CCCNC(C#N)(CSC1COC1)C1CC1. The van der Waals surface area contributed by atoms with E-state index in [1.807, 2.05) is 11.8 Å². The molecule has 3 nitrogen and oxygen atoms in total. The van der Waals surface area contributed by atoms with Crippen molar-refractivity contribution in [3.63, 3.8) is 0 Å². The van der Waals surface area contributed by atoms with E-state index in [1.54, 1.807) is 0 Å². The molecule has 0 aromatic carbocycles. The van der Waals surface area contributed by atoms with Gasteiger partial charge in [0.05, 0.1) is 24.5 Å². The van der Waals surface area contributed by atoms with Gasteiger partial charge in [0.1, 0.15) is 5.54 Å². The highest BCUT2D eigenvalue weighted by Crippen LogP contribution is 2.42. The Morgan fingerprint density at radius 1 is 1.50 bits per heavy atom. The Kier molecular flexibility index (Phi) is 4.12. The second kappa shape index (κ2) is 5.39. The lowest BCUT2D eigenvalue weighted by Gasteiger charge is -2.32. The molecule has 0 amide bonds. The first-order chi connectivity index (χ1) is 7.80. The lowest BCUT2D eigenvalue weighted by molar-refractivity contribution is 0.0454. The van der Waals surface area contributed by atoms with Gasteiger partial charge in [-0.25, -0.2) is 0 Å². The largest absolute Gasteiger partial charge is 0.379 e. The molecule has 1 atom stereocenters. The average molecular weight is 240 g/mol. The quantitative estimate of drug-likeness (QED) is 0.737. The molecule has 1 aliphatic carbocycles. The fourth-order valence-electron chi connectivity index (χ4n) is 1.96. The lowest BCUT2D eigenvalue weighted by Crippen LogP contribution is -2.50. The van der Waals surface area contributed by atoms with E-state index in [9.17, 15) is 5.26 Å². The summed E-state index contributed by atoms with van der Waals surface area (Å²) in [5, 5.41) is 13.6. The van der Waals surface area contributed by atoms with Crippen LogP contribution in [0.5, 0.6) is 0 Å². The third kappa shape index (κ3) is 2.71. The van der Waals surface area contributed by atoms with Crippen LogP contribution in [0.25, 0.3) is 0 Å². The number of rotatable bonds is 7. The van der Waals surface area contributed by atoms with E-state index in [2.05, 4.69) is 18.3 Å². The molecule has 90 valence electrons. The predicted octanol–water partition coefficient (Wildman–Crippen LogP) is 1.79. The van der Waals surface area contributed by atoms with E-state index in [4.69, 9.17) is 4.74 Å². The van der Waals surface area contributed by atoms with Crippen LogP contribution in [-0.4, -0.2) is 36.3 Å². The van der Waals surface area contributed by atoms with Crippen molar-refractivity contribution >= 4 is 11.8 Å². The minimum Gasteiger partial charge on any atom is -0.379 e. The van der Waals surface area contributed by atoms with E-state index in [0.29, 0.717) is 11.2 Å². The molecular formula is C12H20N2OS. The molecule has 2 aliphatic rings. The summed E-state index contributed by atoms with van der Waals surface area (Å²) < 4.78 is 5.17. The molecule has 0 radical (unpaired) electrons. The summed E-state index contributed by atoms with van der Waals surface area (Å²) in [6.45, 7) is 4.83. The molecule has 1 saturated carbocycles. The lowest BCUT2D eigenvalue weighted by atomic mass is 9.97. The van der Waals surface area contributed by atoms with E-state index >= 15 is 0 Å². The van der Waals surface area contributed by atoms with Crippen molar-refractivity contribution in [3.8, 4) is 6.07 Å². The van der Waals surface area contributed by atoms with Crippen molar-refractivity contribution in [1.82, 2.24) is 5.32 Å². The Morgan fingerprint density at radius 3 is 2.69 bits per heavy atom. The topological polar surface area (TPSA) is 45.0 Å². The summed E-state index contributed by atoms with van der Waals surface area (Å²) in [5.41, 5.74) is -0.268. The van der Waals surface area contributed by atoms with Crippen LogP contribution in [0.4, 0.5) is 0 Å². The third-order valence-electron chi connectivity index (χ3n) is 3.32. The maximum atomic E-state index is 9.46. The van der Waals surface area contributed by atoms with Crippen molar-refractivity contribution in [2.24, 2.45) is 5.92 Å². The fourth-order valence-corrected chi connectivity index (χ4v) is 3.25. The van der Waals surface area contributed by atoms with Crippen LogP contribution in [-0.2, 0) is 4.74 Å². The van der Waals surface area contributed by atoms with Crippen molar-refractivity contribution in [2.75, 3.05) is 25.5 Å². The summed E-state index contributed by atoms with van der Waals surface area (Å²) in [5.74, 6) is 1.50. The van der Waals surface area contributed by atoms with Gasteiger partial charge in [0.25, 0.3) is 0 Å². The predicted molar refractivity (Wildman–Crippen MR) is 66.4 cm³/mol. The van der Waals surface area contributed by atoms with Gasteiger partial charge < -0.3 is 4.74 Å².